The molecule has 0 spiro atoms. The van der Waals surface area contributed by atoms with Crippen molar-refractivity contribution in [2.24, 2.45) is 0 Å². The van der Waals surface area contributed by atoms with Crippen molar-refractivity contribution in [3.63, 3.8) is 0 Å². The first-order valence-electron chi connectivity index (χ1n) is 8.73. The van der Waals surface area contributed by atoms with Gasteiger partial charge in [-0.15, -0.1) is 0 Å². The van der Waals surface area contributed by atoms with Gasteiger partial charge in [-0.3, -0.25) is 4.98 Å². The lowest BCUT2D eigenvalue weighted by Gasteiger charge is -2.13. The molecular formula is C22H16F3N3. The van der Waals surface area contributed by atoms with Crippen molar-refractivity contribution in [3.05, 3.63) is 90.4 Å². The number of anilines is 2. The van der Waals surface area contributed by atoms with E-state index in [0.29, 0.717) is 23.2 Å². The topological polar surface area (TPSA) is 37.8 Å². The molecule has 1 aromatic carbocycles. The van der Waals surface area contributed by atoms with Crippen LogP contribution in [0.4, 0.5) is 24.5 Å². The zero-order valence-corrected chi connectivity index (χ0v) is 14.7. The van der Waals surface area contributed by atoms with Crippen molar-refractivity contribution in [1.82, 2.24) is 9.97 Å². The van der Waals surface area contributed by atoms with E-state index in [1.165, 1.54) is 6.08 Å². The van der Waals surface area contributed by atoms with Gasteiger partial charge in [-0.2, -0.15) is 13.2 Å². The number of allylic oxidation sites excluding steroid dienone is 6. The van der Waals surface area contributed by atoms with Gasteiger partial charge in [0.15, 0.2) is 0 Å². The maximum Gasteiger partial charge on any atom is 0.416 e. The predicted octanol–water partition coefficient (Wildman–Crippen LogP) is 6.21. The van der Waals surface area contributed by atoms with Crippen LogP contribution in [0.1, 0.15) is 12.1 Å². The second-order valence-corrected chi connectivity index (χ2v) is 6.33. The van der Waals surface area contributed by atoms with Crippen molar-refractivity contribution >= 4 is 27.9 Å². The van der Waals surface area contributed by atoms with Crippen molar-refractivity contribution in [3.8, 4) is 0 Å². The first-order valence-corrected chi connectivity index (χ1v) is 8.73. The van der Waals surface area contributed by atoms with Crippen LogP contribution in [0.3, 0.4) is 0 Å². The van der Waals surface area contributed by atoms with Crippen molar-refractivity contribution < 1.29 is 13.2 Å². The van der Waals surface area contributed by atoms with Gasteiger partial charge in [0.1, 0.15) is 0 Å². The molecule has 0 amide bonds. The molecule has 1 aliphatic carbocycles. The molecule has 3 nitrogen and oxygen atoms in total. The molecule has 0 radical (unpaired) electrons. The number of alkyl halides is 3. The summed E-state index contributed by atoms with van der Waals surface area (Å²) in [5.41, 5.74) is 2.56. The molecule has 4 rings (SSSR count). The molecule has 140 valence electrons. The summed E-state index contributed by atoms with van der Waals surface area (Å²) in [5, 5.41) is 4.20. The zero-order chi connectivity index (χ0) is 19.6. The lowest BCUT2D eigenvalue weighted by molar-refractivity contribution is -0.0881. The number of nitrogens with one attached hydrogen (secondary N) is 1. The fraction of sp³-hybridized carbons (Fsp3) is 0.0909. The van der Waals surface area contributed by atoms with E-state index in [0.717, 1.165) is 28.9 Å². The van der Waals surface area contributed by atoms with Crippen LogP contribution in [0.25, 0.3) is 16.5 Å². The van der Waals surface area contributed by atoms with Gasteiger partial charge in [0.25, 0.3) is 0 Å². The molecule has 28 heavy (non-hydrogen) atoms. The fourth-order valence-electron chi connectivity index (χ4n) is 3.04. The van der Waals surface area contributed by atoms with Crippen LogP contribution in [-0.2, 0) is 0 Å². The van der Waals surface area contributed by atoms with E-state index < -0.39 is 11.7 Å². The van der Waals surface area contributed by atoms with Crippen LogP contribution in [0, 0.1) is 0 Å². The van der Waals surface area contributed by atoms with Gasteiger partial charge in [-0.25, -0.2) is 4.98 Å². The Morgan fingerprint density at radius 2 is 1.79 bits per heavy atom. The average Bonchev–Trinajstić information content (AvgIpc) is 2.95. The molecule has 0 atom stereocenters. The Kier molecular flexibility index (Phi) is 4.69. The van der Waals surface area contributed by atoms with Crippen LogP contribution >= 0.6 is 0 Å². The van der Waals surface area contributed by atoms with E-state index in [1.54, 1.807) is 24.5 Å². The first-order chi connectivity index (χ1) is 13.5. The Balaban J connectivity index is 1.83. The summed E-state index contributed by atoms with van der Waals surface area (Å²) in [5.74, 6) is 0. The van der Waals surface area contributed by atoms with E-state index in [-0.39, 0.29) is 0 Å². The molecule has 0 fully saturated rings. The Labute approximate surface area is 160 Å². The van der Waals surface area contributed by atoms with Crippen molar-refractivity contribution in [1.29, 1.82) is 0 Å². The Morgan fingerprint density at radius 3 is 2.57 bits per heavy atom. The third-order valence-electron chi connectivity index (χ3n) is 4.38. The lowest BCUT2D eigenvalue weighted by atomic mass is 10.0. The molecule has 3 aromatic rings. The maximum absolute atomic E-state index is 13.2. The molecule has 0 saturated carbocycles. The third-order valence-corrected chi connectivity index (χ3v) is 4.38. The number of fused-ring (bicyclic) bond motifs is 1. The number of nitrogens with zero attached hydrogens (tertiary/aromatic N) is 2. The van der Waals surface area contributed by atoms with Gasteiger partial charge in [-0.05, 0) is 42.3 Å². The normalized spacial score (nSPS) is 14.4. The highest BCUT2D eigenvalue weighted by molar-refractivity contribution is 5.95. The van der Waals surface area contributed by atoms with Crippen LogP contribution in [0.5, 0.6) is 0 Å². The highest BCUT2D eigenvalue weighted by Gasteiger charge is 2.32. The summed E-state index contributed by atoms with van der Waals surface area (Å²) in [4.78, 5) is 8.60. The minimum Gasteiger partial charge on any atom is -0.355 e. The smallest absolute Gasteiger partial charge is 0.355 e. The minimum absolute atomic E-state index is 0.410. The van der Waals surface area contributed by atoms with Crippen LogP contribution in [-0.4, -0.2) is 16.1 Å². The third kappa shape index (κ3) is 3.81. The van der Waals surface area contributed by atoms with Gasteiger partial charge in [-0.1, -0.05) is 36.4 Å². The number of benzene rings is 1. The van der Waals surface area contributed by atoms with Gasteiger partial charge in [0, 0.05) is 23.5 Å². The van der Waals surface area contributed by atoms with E-state index in [1.807, 2.05) is 36.4 Å². The summed E-state index contributed by atoms with van der Waals surface area (Å²) in [6, 6.07) is 13.0. The molecule has 1 N–H and O–H groups in total. The molecule has 0 saturated heterocycles. The summed E-state index contributed by atoms with van der Waals surface area (Å²) in [6.45, 7) is 0. The largest absolute Gasteiger partial charge is 0.416 e. The van der Waals surface area contributed by atoms with Gasteiger partial charge in [0.05, 0.1) is 22.5 Å². The molecule has 0 bridgehead atoms. The summed E-state index contributed by atoms with van der Waals surface area (Å²) in [7, 11) is 0. The predicted molar refractivity (Wildman–Crippen MR) is 105 cm³/mol. The van der Waals surface area contributed by atoms with E-state index in [2.05, 4.69) is 15.3 Å². The van der Waals surface area contributed by atoms with E-state index in [4.69, 9.17) is 0 Å². The number of aromatic nitrogens is 2. The first kappa shape index (κ1) is 18.0. The summed E-state index contributed by atoms with van der Waals surface area (Å²) >= 11 is 0. The number of pyridine rings is 2. The van der Waals surface area contributed by atoms with Crippen LogP contribution in [0.15, 0.2) is 84.7 Å². The minimum atomic E-state index is -4.41. The van der Waals surface area contributed by atoms with E-state index >= 15 is 0 Å². The molecule has 2 heterocycles. The van der Waals surface area contributed by atoms with Crippen molar-refractivity contribution in [2.75, 3.05) is 5.32 Å². The second kappa shape index (κ2) is 7.31. The highest BCUT2D eigenvalue weighted by Crippen LogP contribution is 2.34. The average molecular weight is 379 g/mol. The summed E-state index contributed by atoms with van der Waals surface area (Å²) in [6.07, 6.45) is 4.86. The van der Waals surface area contributed by atoms with Gasteiger partial charge >= 0.3 is 6.18 Å². The van der Waals surface area contributed by atoms with Crippen LogP contribution < -0.4 is 5.32 Å². The molecule has 2 aromatic heterocycles. The molecule has 0 aliphatic heterocycles. The number of rotatable bonds is 3. The zero-order valence-electron chi connectivity index (χ0n) is 14.7. The fourth-order valence-corrected chi connectivity index (χ4v) is 3.04. The quantitative estimate of drug-likeness (QED) is 0.588. The number of para-hydroxylation sites is 1. The number of halogens is 3. The standard InChI is InChI=1S/C22H16F3N3/c23-22(24,25)16-6-2-1-5-15(13-16)20-14-21(27-17-9-11-26-12-10-17)18-7-3-4-8-19(18)28-20/h2-14H,1H2,(H,26,27,28). The highest BCUT2D eigenvalue weighted by atomic mass is 19.4. The second-order valence-electron chi connectivity index (χ2n) is 6.33. The SMILES string of the molecule is FC(F)(F)C1=CC(c2cc(Nc3ccncc3)c3ccccc3n2)=CCC=C1. The number of hydrogen-bond donors (Lipinski definition) is 1. The Morgan fingerprint density at radius 1 is 1.00 bits per heavy atom. The van der Waals surface area contributed by atoms with Gasteiger partial charge < -0.3 is 5.32 Å². The van der Waals surface area contributed by atoms with Gasteiger partial charge in [0.2, 0.25) is 0 Å². The Hall–Kier alpha value is -3.41. The summed E-state index contributed by atoms with van der Waals surface area (Å²) < 4.78 is 39.7. The van der Waals surface area contributed by atoms with Crippen molar-refractivity contribution in [2.45, 2.75) is 12.6 Å². The number of hydrogen-bond acceptors (Lipinski definition) is 3. The molecule has 1 aliphatic rings. The Bertz CT molecular complexity index is 1100. The monoisotopic (exact) mass is 379 g/mol. The molecule has 6 heteroatoms. The maximum atomic E-state index is 13.2. The van der Waals surface area contributed by atoms with Crippen LogP contribution in [0.2, 0.25) is 0 Å². The molecule has 0 unspecified atom stereocenters. The lowest BCUT2D eigenvalue weighted by Crippen LogP contribution is -2.10. The van der Waals surface area contributed by atoms with E-state index in [9.17, 15) is 13.2 Å². The molecular weight excluding hydrogens is 363 g/mol.